The van der Waals surface area contributed by atoms with Crippen molar-refractivity contribution in [2.45, 2.75) is 33.4 Å². The number of aromatic nitrogens is 1. The number of nitrogens with zero attached hydrogens (tertiary/aromatic N) is 2. The van der Waals surface area contributed by atoms with Gasteiger partial charge in [0.1, 0.15) is 10.8 Å². The predicted molar refractivity (Wildman–Crippen MR) is 95.8 cm³/mol. The summed E-state index contributed by atoms with van der Waals surface area (Å²) >= 11 is 1.64. The number of rotatable bonds is 6. The first-order chi connectivity index (χ1) is 11.5. The van der Waals surface area contributed by atoms with Crippen LogP contribution in [0.5, 0.6) is 0 Å². The van der Waals surface area contributed by atoms with Crippen LogP contribution in [0, 0.1) is 19.7 Å². The number of aryl methyl sites for hydroxylation is 2. The first-order valence-corrected chi connectivity index (χ1v) is 8.70. The fraction of sp³-hybridized carbons (Fsp3) is 0.412. The summed E-state index contributed by atoms with van der Waals surface area (Å²) in [5.74, 6) is 0.298. The van der Waals surface area contributed by atoms with Crippen molar-refractivity contribution >= 4 is 17.3 Å². The third kappa shape index (κ3) is 5.28. The first kappa shape index (κ1) is 18.4. The number of halogens is 1. The van der Waals surface area contributed by atoms with Gasteiger partial charge in [0.25, 0.3) is 0 Å². The van der Waals surface area contributed by atoms with Gasteiger partial charge in [0.2, 0.25) is 0 Å². The maximum atomic E-state index is 12.9. The van der Waals surface area contributed by atoms with E-state index < -0.39 is 6.10 Å². The molecule has 2 aromatic rings. The summed E-state index contributed by atoms with van der Waals surface area (Å²) in [6.07, 6.45) is -0.737. The Labute approximate surface area is 145 Å². The van der Waals surface area contributed by atoms with Crippen LogP contribution in [-0.2, 0) is 6.54 Å². The van der Waals surface area contributed by atoms with E-state index in [2.05, 4.69) is 20.6 Å². The van der Waals surface area contributed by atoms with E-state index >= 15 is 0 Å². The second-order valence-electron chi connectivity index (χ2n) is 5.39. The van der Waals surface area contributed by atoms with Gasteiger partial charge in [-0.05, 0) is 38.5 Å². The van der Waals surface area contributed by atoms with Gasteiger partial charge in [0.05, 0.1) is 18.3 Å². The van der Waals surface area contributed by atoms with Crippen LogP contribution in [0.15, 0.2) is 29.3 Å². The highest BCUT2D eigenvalue weighted by molar-refractivity contribution is 7.11. The minimum atomic E-state index is -0.737. The smallest absolute Gasteiger partial charge is 0.191 e. The lowest BCUT2D eigenvalue weighted by Gasteiger charge is -2.15. The molecule has 1 aromatic carbocycles. The molecule has 7 heteroatoms. The minimum absolute atomic E-state index is 0.285. The molecule has 0 fully saturated rings. The largest absolute Gasteiger partial charge is 0.387 e. The molecule has 0 bridgehead atoms. The Hall–Kier alpha value is -1.99. The summed E-state index contributed by atoms with van der Waals surface area (Å²) in [5.41, 5.74) is 1.70. The maximum Gasteiger partial charge on any atom is 0.191 e. The average molecular weight is 350 g/mol. The van der Waals surface area contributed by atoms with Crippen LogP contribution in [0.3, 0.4) is 0 Å². The van der Waals surface area contributed by atoms with E-state index in [1.165, 1.54) is 17.0 Å². The second-order valence-corrected chi connectivity index (χ2v) is 6.68. The van der Waals surface area contributed by atoms with Gasteiger partial charge in [-0.3, -0.25) is 0 Å². The van der Waals surface area contributed by atoms with E-state index in [0.29, 0.717) is 24.6 Å². The lowest BCUT2D eigenvalue weighted by atomic mass is 10.1. The van der Waals surface area contributed by atoms with E-state index in [-0.39, 0.29) is 12.4 Å². The number of hydrogen-bond donors (Lipinski definition) is 3. The molecule has 1 aromatic heterocycles. The van der Waals surface area contributed by atoms with Crippen LogP contribution in [-0.4, -0.2) is 29.1 Å². The Balaban J connectivity index is 1.94. The number of thiazole rings is 1. The van der Waals surface area contributed by atoms with Crippen molar-refractivity contribution in [3.05, 3.63) is 51.2 Å². The molecule has 0 saturated carbocycles. The summed E-state index contributed by atoms with van der Waals surface area (Å²) in [6.45, 7) is 7.50. The van der Waals surface area contributed by atoms with Gasteiger partial charge in [-0.15, -0.1) is 11.3 Å². The molecule has 5 nitrogen and oxygen atoms in total. The lowest BCUT2D eigenvalue weighted by Crippen LogP contribution is -2.39. The van der Waals surface area contributed by atoms with E-state index in [4.69, 9.17) is 0 Å². The highest BCUT2D eigenvalue weighted by atomic mass is 32.1. The molecule has 0 aliphatic carbocycles. The topological polar surface area (TPSA) is 69.5 Å². The van der Waals surface area contributed by atoms with E-state index in [0.717, 1.165) is 10.7 Å². The van der Waals surface area contributed by atoms with Gasteiger partial charge in [-0.25, -0.2) is 14.4 Å². The van der Waals surface area contributed by atoms with Gasteiger partial charge in [-0.1, -0.05) is 12.1 Å². The SMILES string of the molecule is CCNC(=NCc1nc(C)c(C)s1)NCC(O)c1ccc(F)cc1. The highest BCUT2D eigenvalue weighted by Crippen LogP contribution is 2.17. The van der Waals surface area contributed by atoms with Crippen molar-refractivity contribution in [2.75, 3.05) is 13.1 Å². The van der Waals surface area contributed by atoms with Gasteiger partial charge >= 0.3 is 0 Å². The maximum absolute atomic E-state index is 12.9. The molecule has 0 saturated heterocycles. The van der Waals surface area contributed by atoms with Crippen LogP contribution in [0.4, 0.5) is 4.39 Å². The summed E-state index contributed by atoms with van der Waals surface area (Å²) in [5, 5.41) is 17.4. The molecule has 0 aliphatic rings. The monoisotopic (exact) mass is 350 g/mol. The van der Waals surface area contributed by atoms with Gasteiger partial charge < -0.3 is 15.7 Å². The van der Waals surface area contributed by atoms with Crippen molar-refractivity contribution in [1.29, 1.82) is 0 Å². The number of hydrogen-bond acceptors (Lipinski definition) is 4. The van der Waals surface area contributed by atoms with Crippen LogP contribution in [0.1, 0.15) is 34.2 Å². The van der Waals surface area contributed by atoms with Crippen LogP contribution in [0.2, 0.25) is 0 Å². The molecule has 1 heterocycles. The van der Waals surface area contributed by atoms with Gasteiger partial charge in [-0.2, -0.15) is 0 Å². The van der Waals surface area contributed by atoms with Gasteiger partial charge in [0, 0.05) is 18.0 Å². The molecule has 1 atom stereocenters. The zero-order valence-corrected chi connectivity index (χ0v) is 15.0. The quantitative estimate of drug-likeness (QED) is 0.553. The molecular formula is C17H23FN4OS. The number of aliphatic imine (C=N–C) groups is 1. The number of aliphatic hydroxyl groups is 1. The summed E-state index contributed by atoms with van der Waals surface area (Å²) in [7, 11) is 0. The summed E-state index contributed by atoms with van der Waals surface area (Å²) in [6, 6.07) is 5.83. The molecule has 0 radical (unpaired) electrons. The second kappa shape index (κ2) is 8.75. The molecule has 1 unspecified atom stereocenters. The third-order valence-corrected chi connectivity index (χ3v) is 4.56. The number of nitrogens with one attached hydrogen (secondary N) is 2. The van der Waals surface area contributed by atoms with Crippen molar-refractivity contribution in [2.24, 2.45) is 4.99 Å². The van der Waals surface area contributed by atoms with Crippen molar-refractivity contribution in [3.8, 4) is 0 Å². The van der Waals surface area contributed by atoms with E-state index in [1.807, 2.05) is 20.8 Å². The normalized spacial score (nSPS) is 13.0. The predicted octanol–water partition coefficient (Wildman–Crippen LogP) is 2.69. The standard InChI is InChI=1S/C17H23FN4OS/c1-4-19-17(21-10-16-22-11(2)12(3)24-16)20-9-15(23)13-5-7-14(18)8-6-13/h5-8,15,23H,4,9-10H2,1-3H3,(H2,19,20,21). The zero-order valence-electron chi connectivity index (χ0n) is 14.1. The molecule has 0 amide bonds. The number of aliphatic hydroxyl groups excluding tert-OH is 1. The zero-order chi connectivity index (χ0) is 17.5. The van der Waals surface area contributed by atoms with Crippen LogP contribution < -0.4 is 10.6 Å². The van der Waals surface area contributed by atoms with E-state index in [1.54, 1.807) is 23.5 Å². The highest BCUT2D eigenvalue weighted by Gasteiger charge is 2.09. The van der Waals surface area contributed by atoms with Crippen molar-refractivity contribution < 1.29 is 9.50 Å². The molecule has 24 heavy (non-hydrogen) atoms. The lowest BCUT2D eigenvalue weighted by molar-refractivity contribution is 0.180. The molecule has 3 N–H and O–H groups in total. The van der Waals surface area contributed by atoms with Crippen LogP contribution in [0.25, 0.3) is 0 Å². The molecule has 130 valence electrons. The van der Waals surface area contributed by atoms with Crippen molar-refractivity contribution in [3.63, 3.8) is 0 Å². The fourth-order valence-corrected chi connectivity index (χ4v) is 2.95. The van der Waals surface area contributed by atoms with Crippen molar-refractivity contribution in [1.82, 2.24) is 15.6 Å². The molecule has 0 aliphatic heterocycles. The summed E-state index contributed by atoms with van der Waals surface area (Å²) in [4.78, 5) is 10.2. The Kier molecular flexibility index (Phi) is 6.69. The Morgan fingerprint density at radius 1 is 1.29 bits per heavy atom. The molecule has 2 rings (SSSR count). The minimum Gasteiger partial charge on any atom is -0.387 e. The molecular weight excluding hydrogens is 327 g/mol. The van der Waals surface area contributed by atoms with Gasteiger partial charge in [0.15, 0.2) is 5.96 Å². The molecule has 0 spiro atoms. The number of guanidine groups is 1. The first-order valence-electron chi connectivity index (χ1n) is 7.88. The summed E-state index contributed by atoms with van der Waals surface area (Å²) < 4.78 is 12.9. The fourth-order valence-electron chi connectivity index (χ4n) is 2.09. The third-order valence-electron chi connectivity index (χ3n) is 3.51. The number of benzene rings is 1. The Morgan fingerprint density at radius 3 is 2.58 bits per heavy atom. The Bertz CT molecular complexity index is 665. The Morgan fingerprint density at radius 2 is 2.00 bits per heavy atom. The van der Waals surface area contributed by atoms with Crippen LogP contribution >= 0.6 is 11.3 Å². The average Bonchev–Trinajstić information content (AvgIpc) is 2.88. The van der Waals surface area contributed by atoms with E-state index in [9.17, 15) is 9.50 Å².